The summed E-state index contributed by atoms with van der Waals surface area (Å²) in [6.07, 6.45) is 4.60. The highest BCUT2D eigenvalue weighted by Crippen LogP contribution is 2.22. The van der Waals surface area contributed by atoms with Crippen LogP contribution in [0.4, 0.5) is 0 Å². The highest BCUT2D eigenvalue weighted by molar-refractivity contribution is 9.10. The van der Waals surface area contributed by atoms with Gasteiger partial charge in [-0.05, 0) is 76.2 Å². The van der Waals surface area contributed by atoms with Gasteiger partial charge < -0.3 is 10.1 Å². The SMILES string of the molecule is CCCNCC(CCC(C)(C)OC)Cc1ccc(Br)cc1. The number of methoxy groups -OCH3 is 1. The number of benzene rings is 1. The molecule has 0 fully saturated rings. The van der Waals surface area contributed by atoms with E-state index in [4.69, 9.17) is 4.74 Å². The maximum atomic E-state index is 5.55. The molecule has 0 bridgehead atoms. The Balaban J connectivity index is 2.56. The molecule has 0 aliphatic rings. The minimum atomic E-state index is -0.0251. The summed E-state index contributed by atoms with van der Waals surface area (Å²) in [6.45, 7) is 8.74. The summed E-state index contributed by atoms with van der Waals surface area (Å²) in [5, 5.41) is 3.57. The second kappa shape index (κ2) is 9.60. The molecule has 0 saturated heterocycles. The van der Waals surface area contributed by atoms with Gasteiger partial charge in [0, 0.05) is 11.6 Å². The first kappa shape index (κ1) is 18.7. The predicted molar refractivity (Wildman–Crippen MR) is 94.8 cm³/mol. The summed E-state index contributed by atoms with van der Waals surface area (Å²) < 4.78 is 6.70. The molecule has 0 aliphatic carbocycles. The first-order valence-corrected chi connectivity index (χ1v) is 8.76. The number of rotatable bonds is 10. The van der Waals surface area contributed by atoms with Crippen LogP contribution in [0.2, 0.25) is 0 Å². The Bertz CT molecular complexity index is 389. The molecule has 1 N–H and O–H groups in total. The molecule has 1 aromatic rings. The van der Waals surface area contributed by atoms with Crippen LogP contribution in [0.5, 0.6) is 0 Å². The molecule has 0 radical (unpaired) electrons. The summed E-state index contributed by atoms with van der Waals surface area (Å²) in [5.41, 5.74) is 1.39. The third-order valence-electron chi connectivity index (χ3n) is 4.00. The van der Waals surface area contributed by atoms with E-state index in [9.17, 15) is 0 Å². The smallest absolute Gasteiger partial charge is 0.0622 e. The van der Waals surface area contributed by atoms with Crippen molar-refractivity contribution >= 4 is 15.9 Å². The van der Waals surface area contributed by atoms with Gasteiger partial charge in [0.1, 0.15) is 0 Å². The first-order chi connectivity index (χ1) is 9.96. The lowest BCUT2D eigenvalue weighted by Crippen LogP contribution is -2.29. The van der Waals surface area contributed by atoms with Crippen LogP contribution in [0, 0.1) is 5.92 Å². The molecule has 21 heavy (non-hydrogen) atoms. The average Bonchev–Trinajstić information content (AvgIpc) is 2.47. The molecule has 0 spiro atoms. The quantitative estimate of drug-likeness (QED) is 0.608. The molecule has 0 amide bonds. The monoisotopic (exact) mass is 355 g/mol. The maximum Gasteiger partial charge on any atom is 0.0622 e. The zero-order valence-electron chi connectivity index (χ0n) is 13.9. The van der Waals surface area contributed by atoms with Crippen molar-refractivity contribution in [2.24, 2.45) is 5.92 Å². The van der Waals surface area contributed by atoms with E-state index >= 15 is 0 Å². The molecule has 120 valence electrons. The third-order valence-corrected chi connectivity index (χ3v) is 4.53. The van der Waals surface area contributed by atoms with Gasteiger partial charge in [-0.15, -0.1) is 0 Å². The fourth-order valence-electron chi connectivity index (χ4n) is 2.37. The molecule has 0 aliphatic heterocycles. The Morgan fingerprint density at radius 1 is 1.24 bits per heavy atom. The van der Waals surface area contributed by atoms with Gasteiger partial charge in [0.05, 0.1) is 5.60 Å². The lowest BCUT2D eigenvalue weighted by Gasteiger charge is -2.26. The standard InChI is InChI=1S/C18H30BrNO/c1-5-12-20-14-16(10-11-18(2,3)21-4)13-15-6-8-17(19)9-7-15/h6-9,16,20H,5,10-14H2,1-4H3. The molecule has 2 nitrogen and oxygen atoms in total. The Morgan fingerprint density at radius 2 is 1.90 bits per heavy atom. The molecule has 0 heterocycles. The van der Waals surface area contributed by atoms with E-state index in [0.29, 0.717) is 5.92 Å². The van der Waals surface area contributed by atoms with Gasteiger partial charge in [0.25, 0.3) is 0 Å². The Kier molecular flexibility index (Phi) is 8.53. The fourth-order valence-corrected chi connectivity index (χ4v) is 2.63. The fraction of sp³-hybridized carbons (Fsp3) is 0.667. The Morgan fingerprint density at radius 3 is 2.48 bits per heavy atom. The van der Waals surface area contributed by atoms with Crippen molar-refractivity contribution in [1.29, 1.82) is 0 Å². The van der Waals surface area contributed by atoms with Gasteiger partial charge in [0.2, 0.25) is 0 Å². The van der Waals surface area contributed by atoms with E-state index in [-0.39, 0.29) is 5.60 Å². The number of hydrogen-bond acceptors (Lipinski definition) is 2. The lowest BCUT2D eigenvalue weighted by molar-refractivity contribution is 0.0104. The summed E-state index contributed by atoms with van der Waals surface area (Å²) in [4.78, 5) is 0. The van der Waals surface area contributed by atoms with Crippen molar-refractivity contribution in [2.45, 2.75) is 52.1 Å². The predicted octanol–water partition coefficient (Wildman–Crippen LogP) is 4.81. The van der Waals surface area contributed by atoms with Crippen LogP contribution in [-0.2, 0) is 11.2 Å². The van der Waals surface area contributed by atoms with Crippen molar-refractivity contribution in [3.63, 3.8) is 0 Å². The average molecular weight is 356 g/mol. The topological polar surface area (TPSA) is 21.3 Å². The maximum absolute atomic E-state index is 5.55. The highest BCUT2D eigenvalue weighted by atomic mass is 79.9. The van der Waals surface area contributed by atoms with Crippen LogP contribution < -0.4 is 5.32 Å². The molecular formula is C18H30BrNO. The minimum absolute atomic E-state index is 0.0251. The largest absolute Gasteiger partial charge is 0.379 e. The van der Waals surface area contributed by atoms with E-state index in [2.05, 4.69) is 66.3 Å². The van der Waals surface area contributed by atoms with Crippen LogP contribution >= 0.6 is 15.9 Å². The van der Waals surface area contributed by atoms with E-state index in [1.54, 1.807) is 7.11 Å². The number of halogens is 1. The summed E-state index contributed by atoms with van der Waals surface area (Å²) in [6, 6.07) is 8.70. The van der Waals surface area contributed by atoms with Crippen molar-refractivity contribution in [1.82, 2.24) is 5.32 Å². The van der Waals surface area contributed by atoms with Gasteiger partial charge in [-0.1, -0.05) is 35.0 Å². The van der Waals surface area contributed by atoms with E-state index in [1.165, 1.54) is 18.4 Å². The lowest BCUT2D eigenvalue weighted by atomic mass is 9.90. The second-order valence-electron chi connectivity index (χ2n) is 6.40. The van der Waals surface area contributed by atoms with Crippen molar-refractivity contribution in [3.8, 4) is 0 Å². The molecule has 3 heteroatoms. The molecule has 1 unspecified atom stereocenters. The van der Waals surface area contributed by atoms with Gasteiger partial charge in [-0.3, -0.25) is 0 Å². The van der Waals surface area contributed by atoms with Crippen LogP contribution in [0.25, 0.3) is 0 Å². The Labute approximate surface area is 138 Å². The van der Waals surface area contributed by atoms with Crippen LogP contribution in [0.15, 0.2) is 28.7 Å². The zero-order chi connectivity index (χ0) is 15.7. The molecule has 0 aromatic heterocycles. The number of ether oxygens (including phenoxy) is 1. The summed E-state index contributed by atoms with van der Waals surface area (Å²) in [7, 11) is 1.80. The van der Waals surface area contributed by atoms with Crippen LogP contribution in [0.3, 0.4) is 0 Å². The Hall–Kier alpha value is -0.380. The summed E-state index contributed by atoms with van der Waals surface area (Å²) >= 11 is 3.50. The molecule has 1 rings (SSSR count). The molecule has 1 atom stereocenters. The van der Waals surface area contributed by atoms with E-state index < -0.39 is 0 Å². The van der Waals surface area contributed by atoms with Crippen LogP contribution in [0.1, 0.15) is 45.6 Å². The highest BCUT2D eigenvalue weighted by Gasteiger charge is 2.19. The van der Waals surface area contributed by atoms with Gasteiger partial charge >= 0.3 is 0 Å². The normalized spacial score (nSPS) is 13.4. The first-order valence-electron chi connectivity index (χ1n) is 7.97. The molecule has 1 aromatic carbocycles. The second-order valence-corrected chi connectivity index (χ2v) is 7.32. The van der Waals surface area contributed by atoms with Crippen LogP contribution in [-0.4, -0.2) is 25.8 Å². The van der Waals surface area contributed by atoms with Gasteiger partial charge in [-0.25, -0.2) is 0 Å². The minimum Gasteiger partial charge on any atom is -0.379 e. The molecule has 0 saturated carbocycles. The molecular weight excluding hydrogens is 326 g/mol. The zero-order valence-corrected chi connectivity index (χ0v) is 15.5. The van der Waals surface area contributed by atoms with E-state index in [1.807, 2.05) is 0 Å². The number of nitrogens with one attached hydrogen (secondary N) is 1. The van der Waals surface area contributed by atoms with Crippen molar-refractivity contribution < 1.29 is 4.74 Å². The number of hydrogen-bond donors (Lipinski definition) is 1. The van der Waals surface area contributed by atoms with Crippen molar-refractivity contribution in [2.75, 3.05) is 20.2 Å². The van der Waals surface area contributed by atoms with Gasteiger partial charge in [-0.2, -0.15) is 0 Å². The van der Waals surface area contributed by atoms with Gasteiger partial charge in [0.15, 0.2) is 0 Å². The third kappa shape index (κ3) is 7.98. The van der Waals surface area contributed by atoms with Crippen molar-refractivity contribution in [3.05, 3.63) is 34.3 Å². The van der Waals surface area contributed by atoms with E-state index in [0.717, 1.165) is 30.4 Å². The summed E-state index contributed by atoms with van der Waals surface area (Å²) in [5.74, 6) is 0.659.